The van der Waals surface area contributed by atoms with Gasteiger partial charge in [-0.25, -0.2) is 0 Å². The predicted molar refractivity (Wildman–Crippen MR) is 68.5 cm³/mol. The summed E-state index contributed by atoms with van der Waals surface area (Å²) >= 11 is 1.79. The third-order valence-corrected chi connectivity index (χ3v) is 3.57. The average molecular weight is 242 g/mol. The van der Waals surface area contributed by atoms with Crippen molar-refractivity contribution in [2.24, 2.45) is 5.73 Å². The van der Waals surface area contributed by atoms with Gasteiger partial charge >= 0.3 is 0 Å². The van der Waals surface area contributed by atoms with Crippen LogP contribution in [-0.4, -0.2) is 20.5 Å². The van der Waals surface area contributed by atoms with Crippen molar-refractivity contribution in [3.8, 4) is 0 Å². The Labute approximate surface area is 102 Å². The second kappa shape index (κ2) is 7.68. The van der Waals surface area contributed by atoms with Gasteiger partial charge in [0.25, 0.3) is 0 Å². The topological polar surface area (TPSA) is 56.7 Å². The van der Waals surface area contributed by atoms with E-state index in [1.54, 1.807) is 11.8 Å². The van der Waals surface area contributed by atoms with Gasteiger partial charge in [-0.1, -0.05) is 37.9 Å². The maximum atomic E-state index is 5.60. The molecule has 0 aromatic carbocycles. The van der Waals surface area contributed by atoms with Crippen molar-refractivity contribution in [2.45, 2.75) is 57.8 Å². The van der Waals surface area contributed by atoms with Crippen LogP contribution in [0.25, 0.3) is 0 Å². The molecule has 0 fully saturated rings. The molecule has 92 valence electrons. The Balaban J connectivity index is 2.38. The Hall–Kier alpha value is -0.550. The van der Waals surface area contributed by atoms with Crippen molar-refractivity contribution in [1.29, 1.82) is 0 Å². The number of unbranched alkanes of at least 4 members (excludes halogenated alkanes) is 3. The number of rotatable bonds is 8. The maximum Gasteiger partial charge on any atom is 0.191 e. The predicted octanol–water partition coefficient (Wildman–Crippen LogP) is 2.43. The molecule has 4 nitrogen and oxygen atoms in total. The molecule has 0 saturated carbocycles. The summed E-state index contributed by atoms with van der Waals surface area (Å²) in [4.78, 5) is 0. The molecule has 0 aliphatic rings. The Morgan fingerprint density at radius 3 is 2.62 bits per heavy atom. The highest BCUT2D eigenvalue weighted by atomic mass is 32.2. The highest BCUT2D eigenvalue weighted by Crippen LogP contribution is 2.18. The van der Waals surface area contributed by atoms with Crippen LogP contribution in [0.5, 0.6) is 0 Å². The van der Waals surface area contributed by atoms with E-state index in [0.717, 1.165) is 23.3 Å². The lowest BCUT2D eigenvalue weighted by atomic mass is 10.2. The Bertz CT molecular complexity index is 298. The Kier molecular flexibility index (Phi) is 6.49. The van der Waals surface area contributed by atoms with Gasteiger partial charge in [0.15, 0.2) is 5.16 Å². The molecule has 0 spiro atoms. The van der Waals surface area contributed by atoms with E-state index in [1.165, 1.54) is 25.7 Å². The summed E-state index contributed by atoms with van der Waals surface area (Å²) < 4.78 is 2.10. The summed E-state index contributed by atoms with van der Waals surface area (Å²) in [7, 11) is 0. The second-order valence-electron chi connectivity index (χ2n) is 3.76. The molecule has 0 bridgehead atoms. The highest BCUT2D eigenvalue weighted by molar-refractivity contribution is 7.99. The molecule has 1 heterocycles. The van der Waals surface area contributed by atoms with Gasteiger partial charge in [-0.3, -0.25) is 0 Å². The van der Waals surface area contributed by atoms with E-state index in [9.17, 15) is 0 Å². The summed E-state index contributed by atoms with van der Waals surface area (Å²) in [5.41, 5.74) is 5.60. The lowest BCUT2D eigenvalue weighted by Crippen LogP contribution is -2.08. The van der Waals surface area contributed by atoms with Crippen molar-refractivity contribution in [1.82, 2.24) is 14.8 Å². The molecular formula is C11H22N4S. The minimum Gasteiger partial charge on any atom is -0.324 e. The largest absolute Gasteiger partial charge is 0.324 e. The molecule has 0 radical (unpaired) electrons. The SMILES string of the molecule is CCCCCCSc1nnc(CN)n1CC. The lowest BCUT2D eigenvalue weighted by Gasteiger charge is -2.05. The molecule has 0 unspecified atom stereocenters. The zero-order chi connectivity index (χ0) is 11.8. The quantitative estimate of drug-likeness (QED) is 0.562. The summed E-state index contributed by atoms with van der Waals surface area (Å²) in [6.07, 6.45) is 5.18. The third-order valence-electron chi connectivity index (χ3n) is 2.52. The summed E-state index contributed by atoms with van der Waals surface area (Å²) in [6, 6.07) is 0. The molecule has 0 aliphatic carbocycles. The van der Waals surface area contributed by atoms with Crippen LogP contribution in [0, 0.1) is 0 Å². The molecule has 1 aromatic rings. The van der Waals surface area contributed by atoms with Crippen LogP contribution in [0.2, 0.25) is 0 Å². The molecule has 2 N–H and O–H groups in total. The zero-order valence-electron chi connectivity index (χ0n) is 10.3. The number of aromatic nitrogens is 3. The van der Waals surface area contributed by atoms with Gasteiger partial charge in [-0.05, 0) is 13.3 Å². The van der Waals surface area contributed by atoms with Crippen molar-refractivity contribution < 1.29 is 0 Å². The van der Waals surface area contributed by atoms with E-state index in [-0.39, 0.29) is 0 Å². The first-order valence-corrected chi connectivity index (χ1v) is 7.07. The van der Waals surface area contributed by atoms with Crippen molar-refractivity contribution >= 4 is 11.8 Å². The van der Waals surface area contributed by atoms with Crippen LogP contribution in [0.15, 0.2) is 5.16 Å². The molecular weight excluding hydrogens is 220 g/mol. The van der Waals surface area contributed by atoms with Gasteiger partial charge in [0.05, 0.1) is 6.54 Å². The van der Waals surface area contributed by atoms with E-state index in [1.807, 2.05) is 0 Å². The number of hydrogen-bond acceptors (Lipinski definition) is 4. The molecule has 1 aromatic heterocycles. The van der Waals surface area contributed by atoms with Crippen molar-refractivity contribution in [3.05, 3.63) is 5.82 Å². The first kappa shape index (κ1) is 13.5. The molecule has 16 heavy (non-hydrogen) atoms. The normalized spacial score (nSPS) is 10.9. The summed E-state index contributed by atoms with van der Waals surface area (Å²) in [6.45, 7) is 5.70. The molecule has 1 rings (SSSR count). The molecule has 5 heteroatoms. The van der Waals surface area contributed by atoms with Crippen LogP contribution < -0.4 is 5.73 Å². The Morgan fingerprint density at radius 2 is 2.00 bits per heavy atom. The van der Waals surface area contributed by atoms with Gasteiger partial charge in [-0.2, -0.15) is 0 Å². The number of nitrogens with two attached hydrogens (primary N) is 1. The Morgan fingerprint density at radius 1 is 1.19 bits per heavy atom. The smallest absolute Gasteiger partial charge is 0.191 e. The highest BCUT2D eigenvalue weighted by Gasteiger charge is 2.08. The van der Waals surface area contributed by atoms with E-state index < -0.39 is 0 Å². The van der Waals surface area contributed by atoms with Crippen LogP contribution in [-0.2, 0) is 13.1 Å². The number of hydrogen-bond donors (Lipinski definition) is 1. The van der Waals surface area contributed by atoms with E-state index >= 15 is 0 Å². The van der Waals surface area contributed by atoms with Gasteiger partial charge in [0, 0.05) is 12.3 Å². The zero-order valence-corrected chi connectivity index (χ0v) is 11.1. The van der Waals surface area contributed by atoms with Crippen molar-refractivity contribution in [3.63, 3.8) is 0 Å². The average Bonchev–Trinajstić information content (AvgIpc) is 2.71. The first-order chi connectivity index (χ1) is 7.83. The van der Waals surface area contributed by atoms with Gasteiger partial charge in [-0.15, -0.1) is 10.2 Å². The molecule has 0 atom stereocenters. The van der Waals surface area contributed by atoms with Gasteiger partial charge in [0.2, 0.25) is 0 Å². The molecule has 0 saturated heterocycles. The van der Waals surface area contributed by atoms with E-state index in [4.69, 9.17) is 5.73 Å². The fourth-order valence-electron chi connectivity index (χ4n) is 1.59. The minimum absolute atomic E-state index is 0.469. The summed E-state index contributed by atoms with van der Waals surface area (Å²) in [5.74, 6) is 2.02. The fraction of sp³-hybridized carbons (Fsp3) is 0.818. The van der Waals surface area contributed by atoms with Crippen LogP contribution in [0.4, 0.5) is 0 Å². The standard InChI is InChI=1S/C11H22N4S/c1-3-5-6-7-8-16-11-14-13-10(9-12)15(11)4-2/h3-9,12H2,1-2H3. The van der Waals surface area contributed by atoms with Crippen molar-refractivity contribution in [2.75, 3.05) is 5.75 Å². The number of thioether (sulfide) groups is 1. The maximum absolute atomic E-state index is 5.60. The second-order valence-corrected chi connectivity index (χ2v) is 4.82. The van der Waals surface area contributed by atoms with E-state index in [0.29, 0.717) is 6.54 Å². The number of nitrogens with zero attached hydrogens (tertiary/aromatic N) is 3. The van der Waals surface area contributed by atoms with Crippen LogP contribution in [0.3, 0.4) is 0 Å². The molecule has 0 aliphatic heterocycles. The monoisotopic (exact) mass is 242 g/mol. The fourth-order valence-corrected chi connectivity index (χ4v) is 2.61. The van der Waals surface area contributed by atoms with Gasteiger partial charge in [0.1, 0.15) is 5.82 Å². The molecule has 0 amide bonds. The van der Waals surface area contributed by atoms with Crippen LogP contribution >= 0.6 is 11.8 Å². The third kappa shape index (κ3) is 3.79. The first-order valence-electron chi connectivity index (χ1n) is 6.08. The van der Waals surface area contributed by atoms with E-state index in [2.05, 4.69) is 28.6 Å². The summed E-state index contributed by atoms with van der Waals surface area (Å²) in [5, 5.41) is 9.27. The van der Waals surface area contributed by atoms with Gasteiger partial charge < -0.3 is 10.3 Å². The minimum atomic E-state index is 0.469. The van der Waals surface area contributed by atoms with Crippen LogP contribution in [0.1, 0.15) is 45.4 Å². The lowest BCUT2D eigenvalue weighted by molar-refractivity contribution is 0.641.